The van der Waals surface area contributed by atoms with Gasteiger partial charge in [-0.15, -0.1) is 0 Å². The molecule has 2 aromatic rings. The Balaban J connectivity index is 1.85. The molecule has 4 nitrogen and oxygen atoms in total. The van der Waals surface area contributed by atoms with Crippen LogP contribution in [-0.2, 0) is 11.3 Å². The summed E-state index contributed by atoms with van der Waals surface area (Å²) in [6.45, 7) is 2.35. The Morgan fingerprint density at radius 2 is 1.92 bits per heavy atom. The lowest BCUT2D eigenvalue weighted by molar-refractivity contribution is -0.123. The molecule has 1 N–H and O–H groups in total. The zero-order valence-electron chi connectivity index (χ0n) is 14.1. The molecular weight excluding hydrogens is 300 g/mol. The fourth-order valence-electron chi connectivity index (χ4n) is 3.11. The molecular formula is C20H24N2O2. The first kappa shape index (κ1) is 16.5. The van der Waals surface area contributed by atoms with Crippen molar-refractivity contribution in [3.63, 3.8) is 0 Å². The smallest absolute Gasteiger partial charge is 0.231 e. The maximum Gasteiger partial charge on any atom is 0.231 e. The minimum Gasteiger partial charge on any atom is -0.497 e. The quantitative estimate of drug-likeness (QED) is 0.918. The van der Waals surface area contributed by atoms with E-state index in [1.54, 1.807) is 7.11 Å². The first-order valence-electron chi connectivity index (χ1n) is 8.48. The average Bonchev–Trinajstić information content (AvgIpc) is 2.67. The van der Waals surface area contributed by atoms with Gasteiger partial charge in [-0.05, 0) is 49.2 Å². The lowest BCUT2D eigenvalue weighted by Gasteiger charge is -2.30. The van der Waals surface area contributed by atoms with Crippen LogP contribution in [0, 0.1) is 5.92 Å². The molecule has 24 heavy (non-hydrogen) atoms. The summed E-state index contributed by atoms with van der Waals surface area (Å²) in [5.41, 5.74) is 2.04. The predicted octanol–water partition coefficient (Wildman–Crippen LogP) is 3.23. The largest absolute Gasteiger partial charge is 0.497 e. The van der Waals surface area contributed by atoms with Crippen LogP contribution in [0.3, 0.4) is 0 Å². The third-order valence-electron chi connectivity index (χ3n) is 4.48. The molecule has 2 aromatic carbocycles. The van der Waals surface area contributed by atoms with Gasteiger partial charge in [0.05, 0.1) is 19.6 Å². The van der Waals surface area contributed by atoms with E-state index in [0.29, 0.717) is 6.54 Å². The van der Waals surface area contributed by atoms with E-state index in [1.165, 1.54) is 0 Å². The van der Waals surface area contributed by atoms with Gasteiger partial charge < -0.3 is 15.0 Å². The average molecular weight is 324 g/mol. The van der Waals surface area contributed by atoms with Gasteiger partial charge in [-0.3, -0.25) is 4.79 Å². The second-order valence-electron chi connectivity index (χ2n) is 6.15. The van der Waals surface area contributed by atoms with Crippen LogP contribution < -0.4 is 15.0 Å². The Morgan fingerprint density at radius 3 is 2.54 bits per heavy atom. The molecule has 1 aliphatic heterocycles. The highest BCUT2D eigenvalue weighted by Crippen LogP contribution is 2.24. The van der Waals surface area contributed by atoms with Crippen molar-refractivity contribution in [2.24, 2.45) is 5.92 Å². The molecule has 1 heterocycles. The summed E-state index contributed by atoms with van der Waals surface area (Å²) in [4.78, 5) is 15.0. The zero-order chi connectivity index (χ0) is 16.8. The molecule has 126 valence electrons. The van der Waals surface area contributed by atoms with Gasteiger partial charge >= 0.3 is 0 Å². The number of rotatable bonds is 5. The molecule has 0 bridgehead atoms. The van der Waals surface area contributed by atoms with E-state index >= 15 is 0 Å². The van der Waals surface area contributed by atoms with E-state index in [-0.39, 0.29) is 11.8 Å². The summed E-state index contributed by atoms with van der Waals surface area (Å²) in [7, 11) is 1.65. The minimum absolute atomic E-state index is 0.0459. The Morgan fingerprint density at radius 1 is 1.17 bits per heavy atom. The Kier molecular flexibility index (Phi) is 5.49. The van der Waals surface area contributed by atoms with E-state index in [0.717, 1.165) is 42.9 Å². The fraction of sp³-hybridized carbons (Fsp3) is 0.350. The van der Waals surface area contributed by atoms with Crippen LogP contribution in [0.15, 0.2) is 54.6 Å². The minimum atomic E-state index is 0.0459. The van der Waals surface area contributed by atoms with Crippen LogP contribution in [0.25, 0.3) is 0 Å². The van der Waals surface area contributed by atoms with E-state index < -0.39 is 0 Å². The monoisotopic (exact) mass is 324 g/mol. The molecule has 0 saturated carbocycles. The van der Waals surface area contributed by atoms with Crippen LogP contribution >= 0.6 is 0 Å². The van der Waals surface area contributed by atoms with Crippen LogP contribution in [0.1, 0.15) is 18.4 Å². The molecule has 1 saturated heterocycles. The van der Waals surface area contributed by atoms with Crippen molar-refractivity contribution in [2.45, 2.75) is 19.4 Å². The topological polar surface area (TPSA) is 41.6 Å². The van der Waals surface area contributed by atoms with Gasteiger partial charge in [-0.2, -0.15) is 0 Å². The SMILES string of the molecule is COc1ccc(N(Cc2ccccc2)C(=O)C2CCCNC2)cc1. The van der Waals surface area contributed by atoms with Crippen molar-refractivity contribution >= 4 is 11.6 Å². The number of hydrogen-bond donors (Lipinski definition) is 1. The molecule has 0 aliphatic carbocycles. The van der Waals surface area contributed by atoms with Gasteiger partial charge in [0.1, 0.15) is 5.75 Å². The maximum absolute atomic E-state index is 13.1. The second kappa shape index (κ2) is 7.97. The zero-order valence-corrected chi connectivity index (χ0v) is 14.1. The number of carbonyl (C=O) groups is 1. The number of anilines is 1. The number of ether oxygens (including phenoxy) is 1. The number of nitrogens with zero attached hydrogens (tertiary/aromatic N) is 1. The van der Waals surface area contributed by atoms with Crippen molar-refractivity contribution in [1.29, 1.82) is 0 Å². The number of nitrogens with one attached hydrogen (secondary N) is 1. The Bertz CT molecular complexity index is 649. The highest BCUT2D eigenvalue weighted by molar-refractivity contribution is 5.95. The third-order valence-corrected chi connectivity index (χ3v) is 4.48. The van der Waals surface area contributed by atoms with Crippen LogP contribution in [0.5, 0.6) is 5.75 Å². The summed E-state index contributed by atoms with van der Waals surface area (Å²) in [5, 5.41) is 3.34. The molecule has 1 unspecified atom stereocenters. The van der Waals surface area contributed by atoms with E-state index in [4.69, 9.17) is 4.74 Å². The lowest BCUT2D eigenvalue weighted by Crippen LogP contribution is -2.43. The van der Waals surface area contributed by atoms with Crippen molar-refractivity contribution in [3.05, 3.63) is 60.2 Å². The van der Waals surface area contributed by atoms with Crippen molar-refractivity contribution in [2.75, 3.05) is 25.1 Å². The Hall–Kier alpha value is -2.33. The van der Waals surface area contributed by atoms with E-state index in [9.17, 15) is 4.79 Å². The summed E-state index contributed by atoms with van der Waals surface area (Å²) < 4.78 is 5.23. The van der Waals surface area contributed by atoms with Gasteiger partial charge in [0.25, 0.3) is 0 Å². The number of methoxy groups -OCH3 is 1. The highest BCUT2D eigenvalue weighted by atomic mass is 16.5. The van der Waals surface area contributed by atoms with Crippen LogP contribution in [0.2, 0.25) is 0 Å². The fourth-order valence-corrected chi connectivity index (χ4v) is 3.11. The summed E-state index contributed by atoms with van der Waals surface area (Å²) in [6.07, 6.45) is 2.01. The normalized spacial score (nSPS) is 17.3. The lowest BCUT2D eigenvalue weighted by atomic mass is 9.97. The number of hydrogen-bond acceptors (Lipinski definition) is 3. The molecule has 3 rings (SSSR count). The number of piperidine rings is 1. The molecule has 0 radical (unpaired) electrons. The summed E-state index contributed by atoms with van der Waals surface area (Å²) >= 11 is 0. The van der Waals surface area contributed by atoms with Gasteiger partial charge in [-0.1, -0.05) is 30.3 Å². The Labute approximate surface area is 143 Å². The van der Waals surface area contributed by atoms with Gasteiger partial charge in [-0.25, -0.2) is 0 Å². The molecule has 4 heteroatoms. The van der Waals surface area contributed by atoms with Crippen molar-refractivity contribution in [1.82, 2.24) is 5.32 Å². The molecule has 1 fully saturated rings. The van der Waals surface area contributed by atoms with E-state index in [1.807, 2.05) is 47.4 Å². The first-order chi connectivity index (χ1) is 11.8. The van der Waals surface area contributed by atoms with Gasteiger partial charge in [0.15, 0.2) is 0 Å². The molecule has 0 spiro atoms. The molecule has 1 atom stereocenters. The standard InChI is InChI=1S/C20H24N2O2/c1-24-19-11-9-18(10-12-19)22(15-16-6-3-2-4-7-16)20(23)17-8-5-13-21-14-17/h2-4,6-7,9-12,17,21H,5,8,13-15H2,1H3. The van der Waals surface area contributed by atoms with Gasteiger partial charge in [0.2, 0.25) is 5.91 Å². The number of amides is 1. The van der Waals surface area contributed by atoms with Crippen molar-refractivity contribution in [3.8, 4) is 5.75 Å². The van der Waals surface area contributed by atoms with Crippen LogP contribution in [0.4, 0.5) is 5.69 Å². The van der Waals surface area contributed by atoms with Gasteiger partial charge in [0, 0.05) is 12.2 Å². The number of carbonyl (C=O) groups excluding carboxylic acids is 1. The molecule has 0 aromatic heterocycles. The third kappa shape index (κ3) is 3.95. The molecule has 1 aliphatic rings. The summed E-state index contributed by atoms with van der Waals surface area (Å²) in [5.74, 6) is 1.03. The highest BCUT2D eigenvalue weighted by Gasteiger charge is 2.27. The summed E-state index contributed by atoms with van der Waals surface area (Å²) in [6, 6.07) is 17.8. The first-order valence-corrected chi connectivity index (χ1v) is 8.48. The van der Waals surface area contributed by atoms with Crippen LogP contribution in [-0.4, -0.2) is 26.1 Å². The van der Waals surface area contributed by atoms with Crippen molar-refractivity contribution < 1.29 is 9.53 Å². The van der Waals surface area contributed by atoms with E-state index in [2.05, 4.69) is 17.4 Å². The molecule has 1 amide bonds. The maximum atomic E-state index is 13.1. The number of benzene rings is 2. The predicted molar refractivity (Wildman–Crippen MR) is 96.2 cm³/mol. The second-order valence-corrected chi connectivity index (χ2v) is 6.15.